The van der Waals surface area contributed by atoms with Crippen LogP contribution < -0.4 is 4.74 Å². The predicted octanol–water partition coefficient (Wildman–Crippen LogP) is 5.42. The zero-order valence-electron chi connectivity index (χ0n) is 13.0. The van der Waals surface area contributed by atoms with Crippen LogP contribution in [0.1, 0.15) is 35.4 Å². The second-order valence-corrected chi connectivity index (χ2v) is 5.99. The van der Waals surface area contributed by atoms with Crippen molar-refractivity contribution in [3.63, 3.8) is 0 Å². The van der Waals surface area contributed by atoms with Gasteiger partial charge in [0.25, 0.3) is 0 Å². The summed E-state index contributed by atoms with van der Waals surface area (Å²) in [5, 5.41) is 10.00. The monoisotopic (exact) mass is 313 g/mol. The summed E-state index contributed by atoms with van der Waals surface area (Å²) >= 11 is 5.98. The second kappa shape index (κ2) is 7.87. The van der Waals surface area contributed by atoms with Gasteiger partial charge in [0.2, 0.25) is 0 Å². The zero-order chi connectivity index (χ0) is 15.9. The number of hydrogen-bond acceptors (Lipinski definition) is 2. The number of rotatable bonds is 6. The lowest BCUT2D eigenvalue weighted by Gasteiger charge is -2.11. The van der Waals surface area contributed by atoms with Gasteiger partial charge >= 0.3 is 0 Å². The molecule has 0 saturated carbocycles. The Kier molecular flexibility index (Phi) is 5.86. The van der Waals surface area contributed by atoms with Gasteiger partial charge in [0.1, 0.15) is 5.75 Å². The van der Waals surface area contributed by atoms with Crippen LogP contribution in [0.3, 0.4) is 0 Å². The molecule has 0 N–H and O–H groups in total. The molecule has 0 bridgehead atoms. The summed E-state index contributed by atoms with van der Waals surface area (Å²) < 4.78 is 5.79. The summed E-state index contributed by atoms with van der Waals surface area (Å²) in [6.45, 7) is 4.73. The van der Waals surface area contributed by atoms with Gasteiger partial charge in [0.05, 0.1) is 18.6 Å². The van der Waals surface area contributed by atoms with Gasteiger partial charge in [0, 0.05) is 5.02 Å². The maximum Gasteiger partial charge on any atom is 0.119 e. The van der Waals surface area contributed by atoms with Crippen molar-refractivity contribution in [2.75, 3.05) is 6.61 Å². The van der Waals surface area contributed by atoms with Crippen molar-refractivity contribution in [2.24, 2.45) is 0 Å². The molecule has 0 fully saturated rings. The third-order valence-electron chi connectivity index (χ3n) is 3.51. The quantitative estimate of drug-likeness (QED) is 0.667. The SMILES string of the molecule is Cc1cc(C)cc(OCCCC(C#N)c2cccc(Cl)c2)c1. The zero-order valence-corrected chi connectivity index (χ0v) is 13.7. The minimum absolute atomic E-state index is 0.137. The van der Waals surface area contributed by atoms with Crippen LogP contribution in [0, 0.1) is 25.2 Å². The molecule has 0 saturated heterocycles. The standard InChI is InChI=1S/C19H20ClNO/c1-14-9-15(2)11-19(10-14)22-8-4-6-17(13-21)16-5-3-7-18(20)12-16/h3,5,7,9-12,17H,4,6,8H2,1-2H3. The molecule has 22 heavy (non-hydrogen) atoms. The van der Waals surface area contributed by atoms with Gasteiger partial charge in [-0.05, 0) is 67.6 Å². The van der Waals surface area contributed by atoms with Crippen molar-refractivity contribution in [1.82, 2.24) is 0 Å². The highest BCUT2D eigenvalue weighted by molar-refractivity contribution is 6.30. The summed E-state index contributed by atoms with van der Waals surface area (Å²) in [6, 6.07) is 16.1. The van der Waals surface area contributed by atoms with Gasteiger partial charge in [-0.2, -0.15) is 5.26 Å². The van der Waals surface area contributed by atoms with E-state index in [1.54, 1.807) is 0 Å². The Bertz CT molecular complexity index is 655. The molecule has 0 radical (unpaired) electrons. The first-order chi connectivity index (χ1) is 10.6. The van der Waals surface area contributed by atoms with Gasteiger partial charge in [0.15, 0.2) is 0 Å². The summed E-state index contributed by atoms with van der Waals surface area (Å²) in [5.41, 5.74) is 3.37. The van der Waals surface area contributed by atoms with Crippen LogP contribution in [0.5, 0.6) is 5.75 Å². The van der Waals surface area contributed by atoms with Crippen molar-refractivity contribution in [2.45, 2.75) is 32.6 Å². The smallest absolute Gasteiger partial charge is 0.119 e. The molecule has 0 amide bonds. The van der Waals surface area contributed by atoms with Crippen LogP contribution in [0.25, 0.3) is 0 Å². The lowest BCUT2D eigenvalue weighted by atomic mass is 9.96. The maximum absolute atomic E-state index is 9.33. The minimum atomic E-state index is -0.137. The molecule has 3 heteroatoms. The van der Waals surface area contributed by atoms with Crippen LogP contribution in [-0.4, -0.2) is 6.61 Å². The van der Waals surface area contributed by atoms with Crippen molar-refractivity contribution < 1.29 is 4.74 Å². The molecule has 2 nitrogen and oxygen atoms in total. The maximum atomic E-state index is 9.33. The van der Waals surface area contributed by atoms with Crippen molar-refractivity contribution in [1.29, 1.82) is 5.26 Å². The van der Waals surface area contributed by atoms with E-state index in [4.69, 9.17) is 16.3 Å². The molecule has 2 aromatic carbocycles. The minimum Gasteiger partial charge on any atom is -0.494 e. The molecular weight excluding hydrogens is 294 g/mol. The molecule has 114 valence electrons. The molecule has 0 spiro atoms. The van der Waals surface area contributed by atoms with Crippen LogP contribution in [0.4, 0.5) is 0 Å². The predicted molar refractivity (Wildman–Crippen MR) is 90.5 cm³/mol. The first-order valence-electron chi connectivity index (χ1n) is 7.44. The van der Waals surface area contributed by atoms with E-state index in [1.807, 2.05) is 36.4 Å². The number of aryl methyl sites for hydroxylation is 2. The van der Waals surface area contributed by atoms with Gasteiger partial charge in [-0.1, -0.05) is 29.8 Å². The Hall–Kier alpha value is -1.98. The highest BCUT2D eigenvalue weighted by Crippen LogP contribution is 2.24. The van der Waals surface area contributed by atoms with E-state index >= 15 is 0 Å². The van der Waals surface area contributed by atoms with E-state index < -0.39 is 0 Å². The third kappa shape index (κ3) is 4.79. The first-order valence-corrected chi connectivity index (χ1v) is 7.82. The van der Waals surface area contributed by atoms with Gasteiger partial charge in [-0.3, -0.25) is 0 Å². The number of hydrogen-bond donors (Lipinski definition) is 0. The summed E-state index contributed by atoms with van der Waals surface area (Å²) in [5.74, 6) is 0.760. The molecular formula is C19H20ClNO. The number of nitrogens with zero attached hydrogens (tertiary/aromatic N) is 1. The molecule has 0 aromatic heterocycles. The van der Waals surface area contributed by atoms with E-state index in [-0.39, 0.29) is 5.92 Å². The average molecular weight is 314 g/mol. The number of benzene rings is 2. The Morgan fingerprint density at radius 2 is 1.86 bits per heavy atom. The van der Waals surface area contributed by atoms with Gasteiger partial charge < -0.3 is 4.74 Å². The summed E-state index contributed by atoms with van der Waals surface area (Å²) in [4.78, 5) is 0. The summed E-state index contributed by atoms with van der Waals surface area (Å²) in [6.07, 6.45) is 1.60. The Morgan fingerprint density at radius 3 is 2.50 bits per heavy atom. The largest absolute Gasteiger partial charge is 0.494 e. The molecule has 0 aliphatic heterocycles. The number of ether oxygens (including phenoxy) is 1. The molecule has 0 aliphatic rings. The van der Waals surface area contributed by atoms with E-state index in [1.165, 1.54) is 11.1 Å². The lowest BCUT2D eigenvalue weighted by molar-refractivity contribution is 0.304. The van der Waals surface area contributed by atoms with E-state index in [0.29, 0.717) is 11.6 Å². The highest BCUT2D eigenvalue weighted by Gasteiger charge is 2.10. The fraction of sp³-hybridized carbons (Fsp3) is 0.316. The highest BCUT2D eigenvalue weighted by atomic mass is 35.5. The second-order valence-electron chi connectivity index (χ2n) is 5.55. The first kappa shape index (κ1) is 16.4. The molecule has 0 aliphatic carbocycles. The van der Waals surface area contributed by atoms with E-state index in [9.17, 15) is 5.26 Å². The van der Waals surface area contributed by atoms with Gasteiger partial charge in [-0.15, -0.1) is 0 Å². The van der Waals surface area contributed by atoms with Gasteiger partial charge in [-0.25, -0.2) is 0 Å². The Morgan fingerprint density at radius 1 is 1.14 bits per heavy atom. The van der Waals surface area contributed by atoms with Crippen LogP contribution in [0.2, 0.25) is 5.02 Å². The fourth-order valence-electron chi connectivity index (χ4n) is 2.52. The van der Waals surface area contributed by atoms with Crippen LogP contribution in [-0.2, 0) is 0 Å². The molecule has 0 heterocycles. The fourth-order valence-corrected chi connectivity index (χ4v) is 2.72. The third-order valence-corrected chi connectivity index (χ3v) is 3.74. The van der Waals surface area contributed by atoms with Crippen molar-refractivity contribution in [3.8, 4) is 11.8 Å². The number of nitriles is 1. The van der Waals surface area contributed by atoms with Crippen molar-refractivity contribution >= 4 is 11.6 Å². The number of halogens is 1. The topological polar surface area (TPSA) is 33.0 Å². The average Bonchev–Trinajstić information content (AvgIpc) is 2.46. The van der Waals surface area contributed by atoms with E-state index in [2.05, 4.69) is 26.0 Å². The molecule has 1 unspecified atom stereocenters. The Labute approximate surface area is 137 Å². The summed E-state index contributed by atoms with van der Waals surface area (Å²) in [7, 11) is 0. The normalized spacial score (nSPS) is 11.7. The lowest BCUT2D eigenvalue weighted by Crippen LogP contribution is -2.02. The van der Waals surface area contributed by atoms with Crippen molar-refractivity contribution in [3.05, 3.63) is 64.2 Å². The van der Waals surface area contributed by atoms with Crippen LogP contribution in [0.15, 0.2) is 42.5 Å². The van der Waals surface area contributed by atoms with Crippen LogP contribution >= 0.6 is 11.6 Å². The molecule has 2 rings (SSSR count). The van der Waals surface area contributed by atoms with E-state index in [0.717, 1.165) is 24.2 Å². The Balaban J connectivity index is 1.86. The molecule has 1 atom stereocenters. The molecule has 2 aromatic rings.